The van der Waals surface area contributed by atoms with E-state index in [1.54, 1.807) is 37.2 Å². The second-order valence-electron chi connectivity index (χ2n) is 13.6. The minimum Gasteiger partial charge on any atom is -0.391 e. The first-order valence-corrected chi connectivity index (χ1v) is 16.7. The lowest BCUT2D eigenvalue weighted by atomic mass is 9.92. The normalized spacial score (nSPS) is 20.4. The number of benzene rings is 2. The van der Waals surface area contributed by atoms with Crippen LogP contribution in [0.15, 0.2) is 61.1 Å². The highest BCUT2D eigenvalue weighted by Crippen LogP contribution is 2.48. The van der Waals surface area contributed by atoms with Crippen molar-refractivity contribution in [3.05, 3.63) is 95.1 Å². The molecule has 0 spiro atoms. The zero-order valence-electron chi connectivity index (χ0n) is 27.6. The summed E-state index contributed by atoms with van der Waals surface area (Å²) in [5, 5.41) is 12.3. The third kappa shape index (κ3) is 5.39. The van der Waals surface area contributed by atoms with Gasteiger partial charge in [0.1, 0.15) is 22.8 Å². The molecule has 2 bridgehead atoms. The zero-order valence-corrected chi connectivity index (χ0v) is 27.6. The van der Waals surface area contributed by atoms with Gasteiger partial charge in [0.2, 0.25) is 11.7 Å². The van der Waals surface area contributed by atoms with Gasteiger partial charge in [-0.2, -0.15) is 13.2 Å². The fourth-order valence-electron chi connectivity index (χ4n) is 8.19. The van der Waals surface area contributed by atoms with Crippen molar-refractivity contribution >= 4 is 39.6 Å². The minimum atomic E-state index is -4.72. The minimum absolute atomic E-state index is 0.0138. The van der Waals surface area contributed by atoms with Crippen LogP contribution in [0.2, 0.25) is 0 Å². The molecule has 0 saturated carbocycles. The third-order valence-electron chi connectivity index (χ3n) is 10.6. The highest BCUT2D eigenvalue weighted by molar-refractivity contribution is 6.11. The van der Waals surface area contributed by atoms with Gasteiger partial charge < -0.3 is 24.3 Å². The van der Waals surface area contributed by atoms with E-state index in [2.05, 4.69) is 15.2 Å². The Morgan fingerprint density at radius 1 is 1.10 bits per heavy atom. The van der Waals surface area contributed by atoms with Crippen LogP contribution >= 0.6 is 0 Å². The quantitative estimate of drug-likeness (QED) is 0.126. The summed E-state index contributed by atoms with van der Waals surface area (Å²) in [6.45, 7) is 0.717. The van der Waals surface area contributed by atoms with Crippen molar-refractivity contribution in [2.45, 2.75) is 50.0 Å². The molecule has 6 heterocycles. The first-order chi connectivity index (χ1) is 24.3. The van der Waals surface area contributed by atoms with Crippen molar-refractivity contribution in [1.29, 1.82) is 0 Å². The lowest BCUT2D eigenvalue weighted by molar-refractivity contribution is -0.137. The number of carbonyl (C=O) groups excluding carboxylic acids is 2. The zero-order chi connectivity index (χ0) is 35.9. The van der Waals surface area contributed by atoms with Crippen molar-refractivity contribution < 1.29 is 36.6 Å². The van der Waals surface area contributed by atoms with Crippen LogP contribution in [0.4, 0.5) is 33.3 Å². The van der Waals surface area contributed by atoms with E-state index < -0.39 is 46.9 Å². The van der Waals surface area contributed by atoms with Gasteiger partial charge in [-0.15, -0.1) is 0 Å². The highest BCUT2D eigenvalue weighted by atomic mass is 19.4. The van der Waals surface area contributed by atoms with Crippen LogP contribution in [0.25, 0.3) is 27.7 Å². The molecule has 14 heteroatoms. The number of aromatic nitrogens is 3. The summed E-state index contributed by atoms with van der Waals surface area (Å²) in [6, 6.07) is 7.68. The number of anilines is 2. The van der Waals surface area contributed by atoms with Gasteiger partial charge >= 0.3 is 6.18 Å². The van der Waals surface area contributed by atoms with Crippen LogP contribution in [-0.4, -0.2) is 74.0 Å². The largest absolute Gasteiger partial charge is 0.417 e. The number of imidazole rings is 1. The van der Waals surface area contributed by atoms with E-state index in [-0.39, 0.29) is 34.5 Å². The second kappa shape index (κ2) is 12.0. The topological polar surface area (TPSA) is 95.1 Å². The van der Waals surface area contributed by atoms with Gasteiger partial charge in [-0.05, 0) is 61.6 Å². The average molecular weight is 705 g/mol. The van der Waals surface area contributed by atoms with E-state index in [1.165, 1.54) is 33.6 Å². The van der Waals surface area contributed by atoms with Crippen molar-refractivity contribution in [2.75, 3.05) is 30.4 Å². The van der Waals surface area contributed by atoms with Gasteiger partial charge in [-0.25, -0.2) is 13.8 Å². The lowest BCUT2D eigenvalue weighted by Crippen LogP contribution is -2.32. The van der Waals surface area contributed by atoms with E-state index in [0.717, 1.165) is 31.0 Å². The summed E-state index contributed by atoms with van der Waals surface area (Å²) in [6.07, 6.45) is 3.55. The number of nitrogens with one attached hydrogen (secondary N) is 1. The Morgan fingerprint density at radius 3 is 2.55 bits per heavy atom. The molecule has 2 aromatic carbocycles. The molecule has 3 aliphatic rings. The molecule has 3 aliphatic heterocycles. The molecule has 51 heavy (non-hydrogen) atoms. The van der Waals surface area contributed by atoms with Crippen LogP contribution in [0.3, 0.4) is 0 Å². The van der Waals surface area contributed by atoms with Gasteiger partial charge in [0.05, 0.1) is 40.4 Å². The van der Waals surface area contributed by atoms with E-state index in [4.69, 9.17) is 0 Å². The Balaban J connectivity index is 1.13. The smallest absolute Gasteiger partial charge is 0.391 e. The second-order valence-corrected chi connectivity index (χ2v) is 13.6. The number of rotatable bonds is 6. The molecule has 2 N–H and O–H groups in total. The van der Waals surface area contributed by atoms with Crippen LogP contribution in [0.1, 0.15) is 46.4 Å². The molecule has 3 atom stereocenters. The fourth-order valence-corrected chi connectivity index (χ4v) is 8.19. The van der Waals surface area contributed by atoms with Gasteiger partial charge in [-0.3, -0.25) is 14.5 Å². The van der Waals surface area contributed by atoms with Crippen LogP contribution < -0.4 is 10.2 Å². The number of hydrogen-bond acceptors (Lipinski definition) is 6. The number of hydrogen-bond donors (Lipinski definition) is 2. The number of aryl methyl sites for hydroxylation is 1. The monoisotopic (exact) mass is 704 g/mol. The van der Waals surface area contributed by atoms with Crippen LogP contribution in [0, 0.1) is 11.6 Å². The van der Waals surface area contributed by atoms with Crippen molar-refractivity contribution in [1.82, 2.24) is 18.9 Å². The molecule has 0 radical (unpaired) electrons. The number of pyridine rings is 1. The Morgan fingerprint density at radius 2 is 1.86 bits per heavy atom. The molecule has 3 aromatic heterocycles. The summed E-state index contributed by atoms with van der Waals surface area (Å²) in [5.41, 5.74) is 0.285. The van der Waals surface area contributed by atoms with Crippen molar-refractivity contribution in [2.24, 2.45) is 7.05 Å². The number of halogens is 5. The first-order valence-electron chi connectivity index (χ1n) is 16.7. The van der Waals surface area contributed by atoms with Gasteiger partial charge in [0.15, 0.2) is 0 Å². The third-order valence-corrected chi connectivity index (χ3v) is 10.6. The molecule has 5 aromatic rings. The highest BCUT2D eigenvalue weighted by Gasteiger charge is 2.44. The van der Waals surface area contributed by atoms with Crippen molar-refractivity contribution in [3.63, 3.8) is 0 Å². The molecule has 264 valence electrons. The lowest BCUT2D eigenvalue weighted by Gasteiger charge is -2.28. The molecule has 8 rings (SSSR count). The molecule has 0 unspecified atom stereocenters. The molecule has 2 saturated heterocycles. The number of likely N-dealkylation sites (N-methyl/N-ethyl adjacent to an activating group) is 1. The Labute approximate surface area is 288 Å². The Bertz CT molecular complexity index is 2270. The summed E-state index contributed by atoms with van der Waals surface area (Å²) >= 11 is 0. The number of alkyl halides is 3. The number of carbonyl (C=O) groups is 2. The fraction of sp³-hybridized carbons (Fsp3) is 0.324. The first kappa shape index (κ1) is 33.1. The number of fused-ring (bicyclic) bond motifs is 6. The number of nitrogens with zero attached hydrogens (tertiary/aromatic N) is 5. The van der Waals surface area contributed by atoms with Gasteiger partial charge in [0.25, 0.3) is 0 Å². The van der Waals surface area contributed by atoms with Crippen LogP contribution in [0.5, 0.6) is 0 Å². The maximum absolute atomic E-state index is 15.3. The van der Waals surface area contributed by atoms with E-state index >= 15 is 8.78 Å². The predicted octanol–water partition coefficient (Wildman–Crippen LogP) is 6.11. The average Bonchev–Trinajstić information content (AvgIpc) is 3.84. The predicted molar refractivity (Wildman–Crippen MR) is 181 cm³/mol. The standard InChI is InChI=1S/C37H33F5N6O3/c1-45-12-9-19-15-28(48-11-3-5-22(34(19)48)31-23(37(40,41)42)17-27-33(35(31)45)43-18-46(27)2)36(51)20-13-24(38)32(25(39)14-20)44-30(50)6-4-10-47-21-7-8-26(47)29(49)16-21/h3-6,11,13-15,17-18,21,26,29,49H,7-10,12,16H2,1-2H3,(H,44,50)/b6-4+/t21-,26+,29-/m1/s1. The van der Waals surface area contributed by atoms with Gasteiger partial charge in [-0.1, -0.05) is 12.1 Å². The molecule has 0 aliphatic carbocycles. The summed E-state index contributed by atoms with van der Waals surface area (Å²) < 4.78 is 77.9. The van der Waals surface area contributed by atoms with E-state index in [1.807, 2.05) is 0 Å². The molecule has 2 fully saturated rings. The van der Waals surface area contributed by atoms with Gasteiger partial charge in [0, 0.05) is 68.2 Å². The molecular weight excluding hydrogens is 671 g/mol. The summed E-state index contributed by atoms with van der Waals surface area (Å²) in [7, 11) is 3.33. The maximum atomic E-state index is 15.3. The molecular formula is C37H33F5N6O3. The Kier molecular flexibility index (Phi) is 7.79. The number of amides is 1. The summed E-state index contributed by atoms with van der Waals surface area (Å²) in [5.74, 6) is -3.84. The Hall–Kier alpha value is -5.08. The SMILES string of the molecule is CN1CCc2cc(C(=O)c3cc(F)c(NC(=O)/C=C/CN4[C@@H]5CC[C@H]4[C@H](O)C5)c(F)c3)n3cccc(c23)-c2c(C(F)(F)F)cc3c(ncn3C)c21. The summed E-state index contributed by atoms with van der Waals surface area (Å²) in [4.78, 5) is 34.8. The maximum Gasteiger partial charge on any atom is 0.417 e. The number of ketones is 1. The number of aliphatic hydroxyl groups is 1. The molecule has 9 nitrogen and oxygen atoms in total. The van der Waals surface area contributed by atoms with Crippen molar-refractivity contribution in [3.8, 4) is 11.1 Å². The van der Waals surface area contributed by atoms with E-state index in [0.29, 0.717) is 53.7 Å². The van der Waals surface area contributed by atoms with E-state index in [9.17, 15) is 27.9 Å². The molecule has 1 amide bonds. The van der Waals surface area contributed by atoms with Crippen LogP contribution in [-0.2, 0) is 24.4 Å². The number of aliphatic hydroxyl groups excluding tert-OH is 1.